The molecule has 2 rings (SSSR count). The molecule has 21 heavy (non-hydrogen) atoms. The minimum Gasteiger partial charge on any atom is -0.493 e. The molecule has 2 aromatic carbocycles. The fourth-order valence-electron chi connectivity index (χ4n) is 1.93. The number of methoxy groups -OCH3 is 2. The van der Waals surface area contributed by atoms with E-state index in [0.29, 0.717) is 11.5 Å². The zero-order valence-electron chi connectivity index (χ0n) is 11.9. The van der Waals surface area contributed by atoms with Crippen molar-refractivity contribution in [1.29, 1.82) is 0 Å². The summed E-state index contributed by atoms with van der Waals surface area (Å²) >= 11 is 0. The van der Waals surface area contributed by atoms with Gasteiger partial charge < -0.3 is 14.8 Å². The van der Waals surface area contributed by atoms with Crippen molar-refractivity contribution in [2.75, 3.05) is 19.5 Å². The molecule has 4 nitrogen and oxygen atoms in total. The van der Waals surface area contributed by atoms with E-state index in [1.165, 1.54) is 19.2 Å². The summed E-state index contributed by atoms with van der Waals surface area (Å²) in [6.45, 7) is 0. The number of ether oxygens (including phenoxy) is 2. The van der Waals surface area contributed by atoms with Gasteiger partial charge in [-0.2, -0.15) is 0 Å². The van der Waals surface area contributed by atoms with Crippen LogP contribution in [0.1, 0.15) is 5.56 Å². The summed E-state index contributed by atoms with van der Waals surface area (Å²) in [4.78, 5) is 11.9. The van der Waals surface area contributed by atoms with Crippen LogP contribution >= 0.6 is 0 Å². The largest absolute Gasteiger partial charge is 0.493 e. The lowest BCUT2D eigenvalue weighted by Crippen LogP contribution is -2.15. The molecule has 0 heterocycles. The number of rotatable bonds is 5. The Morgan fingerprint density at radius 3 is 2.48 bits per heavy atom. The number of nitrogens with one attached hydrogen (secondary N) is 1. The van der Waals surface area contributed by atoms with Gasteiger partial charge in [0.25, 0.3) is 0 Å². The van der Waals surface area contributed by atoms with Crippen LogP contribution in [0.15, 0.2) is 42.5 Å². The molecular formula is C16H16FNO3. The van der Waals surface area contributed by atoms with Crippen LogP contribution < -0.4 is 14.8 Å². The van der Waals surface area contributed by atoms with E-state index in [1.54, 1.807) is 37.4 Å². The number of hydrogen-bond acceptors (Lipinski definition) is 3. The Balaban J connectivity index is 2.08. The normalized spacial score (nSPS) is 10.0. The van der Waals surface area contributed by atoms with Gasteiger partial charge in [-0.3, -0.25) is 4.79 Å². The van der Waals surface area contributed by atoms with Crippen molar-refractivity contribution in [3.63, 3.8) is 0 Å². The smallest absolute Gasteiger partial charge is 0.228 e. The molecule has 0 radical (unpaired) electrons. The standard InChI is InChI=1S/C16H16FNO3/c1-20-14-8-7-11(9-15(14)21-2)10-16(19)18-13-6-4-3-5-12(13)17/h3-9H,10H2,1-2H3,(H,18,19). The molecule has 0 unspecified atom stereocenters. The first-order chi connectivity index (χ1) is 10.1. The van der Waals surface area contributed by atoms with Crippen LogP contribution in [0.3, 0.4) is 0 Å². The average molecular weight is 289 g/mol. The van der Waals surface area contributed by atoms with Gasteiger partial charge in [-0.1, -0.05) is 18.2 Å². The quantitative estimate of drug-likeness (QED) is 0.920. The highest BCUT2D eigenvalue weighted by Gasteiger charge is 2.10. The highest BCUT2D eigenvalue weighted by Crippen LogP contribution is 2.27. The number of carbonyl (C=O) groups is 1. The predicted octanol–water partition coefficient (Wildman–Crippen LogP) is 3.02. The van der Waals surface area contributed by atoms with Gasteiger partial charge in [0, 0.05) is 0 Å². The number of para-hydroxylation sites is 1. The molecule has 0 aromatic heterocycles. The minimum atomic E-state index is -0.460. The van der Waals surface area contributed by atoms with Crippen LogP contribution in [0, 0.1) is 5.82 Å². The maximum atomic E-state index is 13.5. The first-order valence-corrected chi connectivity index (χ1v) is 6.39. The van der Waals surface area contributed by atoms with Gasteiger partial charge in [0.2, 0.25) is 5.91 Å². The van der Waals surface area contributed by atoms with Crippen molar-refractivity contribution in [1.82, 2.24) is 0 Å². The molecule has 0 aliphatic carbocycles. The van der Waals surface area contributed by atoms with Crippen LogP contribution in [0.4, 0.5) is 10.1 Å². The third-order valence-electron chi connectivity index (χ3n) is 2.96. The molecule has 0 saturated carbocycles. The highest BCUT2D eigenvalue weighted by molar-refractivity contribution is 5.92. The van der Waals surface area contributed by atoms with Gasteiger partial charge in [0.1, 0.15) is 5.82 Å². The van der Waals surface area contributed by atoms with E-state index in [1.807, 2.05) is 0 Å². The summed E-state index contributed by atoms with van der Waals surface area (Å²) < 4.78 is 23.8. The van der Waals surface area contributed by atoms with E-state index in [9.17, 15) is 9.18 Å². The number of amides is 1. The van der Waals surface area contributed by atoms with E-state index in [2.05, 4.69) is 5.32 Å². The van der Waals surface area contributed by atoms with Crippen LogP contribution in [0.2, 0.25) is 0 Å². The summed E-state index contributed by atoms with van der Waals surface area (Å²) in [5.74, 6) is 0.384. The fraction of sp³-hybridized carbons (Fsp3) is 0.188. The van der Waals surface area contributed by atoms with Crippen molar-refractivity contribution >= 4 is 11.6 Å². The van der Waals surface area contributed by atoms with Gasteiger partial charge in [0.15, 0.2) is 11.5 Å². The Hall–Kier alpha value is -2.56. The van der Waals surface area contributed by atoms with Gasteiger partial charge >= 0.3 is 0 Å². The van der Waals surface area contributed by atoms with Crippen LogP contribution in [0.25, 0.3) is 0 Å². The molecule has 0 bridgehead atoms. The van der Waals surface area contributed by atoms with Gasteiger partial charge in [-0.25, -0.2) is 4.39 Å². The summed E-state index contributed by atoms with van der Waals surface area (Å²) in [6, 6.07) is 11.3. The fourth-order valence-corrected chi connectivity index (χ4v) is 1.93. The van der Waals surface area contributed by atoms with Crippen molar-refractivity contribution < 1.29 is 18.7 Å². The Morgan fingerprint density at radius 1 is 1.10 bits per heavy atom. The summed E-state index contributed by atoms with van der Waals surface area (Å²) in [6.07, 6.45) is 0.120. The second kappa shape index (κ2) is 6.74. The molecule has 0 saturated heterocycles. The van der Waals surface area contributed by atoms with Crippen LogP contribution in [-0.2, 0) is 11.2 Å². The summed E-state index contributed by atoms with van der Waals surface area (Å²) in [5.41, 5.74) is 0.921. The molecule has 0 fully saturated rings. The van der Waals surface area contributed by atoms with Crippen molar-refractivity contribution in [2.45, 2.75) is 6.42 Å². The molecule has 1 N–H and O–H groups in total. The number of hydrogen-bond donors (Lipinski definition) is 1. The first kappa shape index (κ1) is 14.8. The number of benzene rings is 2. The van der Waals surface area contributed by atoms with E-state index < -0.39 is 5.82 Å². The second-order valence-corrected chi connectivity index (χ2v) is 4.39. The third-order valence-corrected chi connectivity index (χ3v) is 2.96. The summed E-state index contributed by atoms with van der Waals surface area (Å²) in [5, 5.41) is 2.54. The van der Waals surface area contributed by atoms with E-state index in [0.717, 1.165) is 5.56 Å². The molecule has 110 valence electrons. The monoisotopic (exact) mass is 289 g/mol. The van der Waals surface area contributed by atoms with Crippen molar-refractivity contribution in [3.8, 4) is 11.5 Å². The van der Waals surface area contributed by atoms with Crippen LogP contribution in [-0.4, -0.2) is 20.1 Å². The van der Waals surface area contributed by atoms with Gasteiger partial charge in [-0.05, 0) is 29.8 Å². The molecule has 5 heteroatoms. The topological polar surface area (TPSA) is 47.6 Å². The van der Waals surface area contributed by atoms with Gasteiger partial charge in [0.05, 0.1) is 26.3 Å². The number of anilines is 1. The highest BCUT2D eigenvalue weighted by atomic mass is 19.1. The summed E-state index contributed by atoms with van der Waals surface area (Å²) in [7, 11) is 3.07. The maximum Gasteiger partial charge on any atom is 0.228 e. The Morgan fingerprint density at radius 2 is 1.81 bits per heavy atom. The van der Waals surface area contributed by atoms with E-state index in [4.69, 9.17) is 9.47 Å². The number of halogens is 1. The molecule has 0 atom stereocenters. The molecule has 0 spiro atoms. The first-order valence-electron chi connectivity index (χ1n) is 6.39. The number of carbonyl (C=O) groups excluding carboxylic acids is 1. The molecular weight excluding hydrogens is 273 g/mol. The zero-order chi connectivity index (χ0) is 15.2. The second-order valence-electron chi connectivity index (χ2n) is 4.39. The lowest BCUT2D eigenvalue weighted by Gasteiger charge is -2.10. The Kier molecular flexibility index (Phi) is 4.77. The Labute approximate surface area is 122 Å². The average Bonchev–Trinajstić information content (AvgIpc) is 2.49. The van der Waals surface area contributed by atoms with E-state index in [-0.39, 0.29) is 18.0 Å². The lowest BCUT2D eigenvalue weighted by atomic mass is 10.1. The molecule has 2 aromatic rings. The minimum absolute atomic E-state index is 0.120. The van der Waals surface area contributed by atoms with Crippen molar-refractivity contribution in [3.05, 3.63) is 53.8 Å². The molecule has 1 amide bonds. The SMILES string of the molecule is COc1ccc(CC(=O)Nc2ccccc2F)cc1OC. The zero-order valence-corrected chi connectivity index (χ0v) is 11.9. The maximum absolute atomic E-state index is 13.5. The Bertz CT molecular complexity index is 643. The predicted molar refractivity (Wildman–Crippen MR) is 78.3 cm³/mol. The molecule has 0 aliphatic rings. The molecule has 0 aliphatic heterocycles. The van der Waals surface area contributed by atoms with Crippen molar-refractivity contribution in [2.24, 2.45) is 0 Å². The van der Waals surface area contributed by atoms with E-state index >= 15 is 0 Å². The van der Waals surface area contributed by atoms with Crippen LogP contribution in [0.5, 0.6) is 11.5 Å². The van der Waals surface area contributed by atoms with Gasteiger partial charge in [-0.15, -0.1) is 0 Å². The third kappa shape index (κ3) is 3.72. The lowest BCUT2D eigenvalue weighted by molar-refractivity contribution is -0.115.